The summed E-state index contributed by atoms with van der Waals surface area (Å²) < 4.78 is 5.54. The summed E-state index contributed by atoms with van der Waals surface area (Å²) in [5.41, 5.74) is 1.09. The van der Waals surface area contributed by atoms with E-state index in [0.29, 0.717) is 18.1 Å². The normalized spacial score (nSPS) is 10.2. The van der Waals surface area contributed by atoms with Gasteiger partial charge in [-0.1, -0.05) is 23.6 Å². The van der Waals surface area contributed by atoms with Crippen molar-refractivity contribution in [3.63, 3.8) is 0 Å². The molecule has 0 unspecified atom stereocenters. The molecule has 16 heavy (non-hydrogen) atoms. The lowest BCUT2D eigenvalue weighted by Crippen LogP contribution is -2.13. The molecule has 2 nitrogen and oxygen atoms in total. The molecule has 0 aliphatic heterocycles. The van der Waals surface area contributed by atoms with Crippen LogP contribution in [-0.2, 0) is 6.54 Å². The fraction of sp³-hybridized carbons (Fsp3) is 0.385. The summed E-state index contributed by atoms with van der Waals surface area (Å²) in [5.74, 6) is 3.24. The van der Waals surface area contributed by atoms with Gasteiger partial charge in [0.1, 0.15) is 5.75 Å². The largest absolute Gasteiger partial charge is 0.489 e. The molecule has 0 spiro atoms. The van der Waals surface area contributed by atoms with Gasteiger partial charge in [-0.05, 0) is 31.5 Å². The number of benzene rings is 1. The Kier molecular flexibility index (Phi) is 5.18. The van der Waals surface area contributed by atoms with E-state index in [9.17, 15) is 0 Å². The number of hydrogen-bond acceptors (Lipinski definition) is 2. The summed E-state index contributed by atoms with van der Waals surface area (Å²) in [6, 6.07) is 5.76. The molecular weight excluding hydrogens is 222 g/mol. The number of ether oxygens (including phenoxy) is 1. The van der Waals surface area contributed by atoms with Gasteiger partial charge in [-0.25, -0.2) is 0 Å². The van der Waals surface area contributed by atoms with E-state index in [2.05, 4.69) is 11.2 Å². The Balaban J connectivity index is 2.64. The Labute approximate surface area is 102 Å². The standard InChI is InChI=1S/C13H16ClNO/c1-4-7-15-9-11-5-6-13(12(14)8-11)16-10(2)3/h1,5-6,8,10,15H,7,9H2,2-3H3. The second kappa shape index (κ2) is 6.42. The third-order valence-corrected chi connectivity index (χ3v) is 2.21. The molecule has 1 aromatic carbocycles. The molecule has 0 saturated carbocycles. The van der Waals surface area contributed by atoms with Gasteiger partial charge in [0.15, 0.2) is 0 Å². The number of rotatable bonds is 5. The molecule has 0 aromatic heterocycles. The zero-order valence-corrected chi connectivity index (χ0v) is 10.3. The Hall–Kier alpha value is -1.17. The highest BCUT2D eigenvalue weighted by atomic mass is 35.5. The van der Waals surface area contributed by atoms with Gasteiger partial charge in [0.25, 0.3) is 0 Å². The average molecular weight is 238 g/mol. The van der Waals surface area contributed by atoms with Crippen molar-refractivity contribution in [2.75, 3.05) is 6.54 Å². The maximum Gasteiger partial charge on any atom is 0.138 e. The molecule has 0 radical (unpaired) electrons. The van der Waals surface area contributed by atoms with Crippen LogP contribution < -0.4 is 10.1 Å². The minimum Gasteiger partial charge on any atom is -0.489 e. The molecule has 0 amide bonds. The Bertz CT molecular complexity index is 382. The lowest BCUT2D eigenvalue weighted by molar-refractivity contribution is 0.242. The van der Waals surface area contributed by atoms with Crippen LogP contribution >= 0.6 is 11.6 Å². The Morgan fingerprint density at radius 3 is 2.81 bits per heavy atom. The van der Waals surface area contributed by atoms with Crippen LogP contribution in [0.25, 0.3) is 0 Å². The summed E-state index contributed by atoms with van der Waals surface area (Å²) in [6.07, 6.45) is 5.27. The van der Waals surface area contributed by atoms with Gasteiger partial charge in [0, 0.05) is 6.54 Å². The number of nitrogens with one attached hydrogen (secondary N) is 1. The highest BCUT2D eigenvalue weighted by molar-refractivity contribution is 6.32. The van der Waals surface area contributed by atoms with Crippen molar-refractivity contribution in [2.45, 2.75) is 26.5 Å². The second-order valence-corrected chi connectivity index (χ2v) is 4.15. The van der Waals surface area contributed by atoms with E-state index in [4.69, 9.17) is 22.8 Å². The van der Waals surface area contributed by atoms with Crippen LogP contribution in [0.4, 0.5) is 0 Å². The molecule has 0 bridgehead atoms. The van der Waals surface area contributed by atoms with Gasteiger partial charge < -0.3 is 10.1 Å². The third kappa shape index (κ3) is 4.14. The highest BCUT2D eigenvalue weighted by Crippen LogP contribution is 2.26. The zero-order chi connectivity index (χ0) is 12.0. The minimum atomic E-state index is 0.128. The Morgan fingerprint density at radius 2 is 2.25 bits per heavy atom. The van der Waals surface area contributed by atoms with Crippen LogP contribution in [0, 0.1) is 12.3 Å². The monoisotopic (exact) mass is 237 g/mol. The van der Waals surface area contributed by atoms with E-state index in [1.807, 2.05) is 32.0 Å². The topological polar surface area (TPSA) is 21.3 Å². The second-order valence-electron chi connectivity index (χ2n) is 3.74. The zero-order valence-electron chi connectivity index (χ0n) is 9.59. The minimum absolute atomic E-state index is 0.128. The van der Waals surface area contributed by atoms with Gasteiger partial charge in [-0.15, -0.1) is 6.42 Å². The smallest absolute Gasteiger partial charge is 0.138 e. The summed E-state index contributed by atoms with van der Waals surface area (Å²) in [5, 5.41) is 3.74. The molecular formula is C13H16ClNO. The lowest BCUT2D eigenvalue weighted by atomic mass is 10.2. The fourth-order valence-corrected chi connectivity index (χ4v) is 1.53. The van der Waals surface area contributed by atoms with E-state index in [1.165, 1.54) is 0 Å². The van der Waals surface area contributed by atoms with Gasteiger partial charge in [-0.3, -0.25) is 0 Å². The molecule has 0 fully saturated rings. The van der Waals surface area contributed by atoms with Gasteiger partial charge in [0.2, 0.25) is 0 Å². The molecule has 0 heterocycles. The predicted molar refractivity (Wildman–Crippen MR) is 67.8 cm³/mol. The van der Waals surface area contributed by atoms with Crippen molar-refractivity contribution in [1.82, 2.24) is 5.32 Å². The number of halogens is 1. The van der Waals surface area contributed by atoms with Crippen molar-refractivity contribution in [3.05, 3.63) is 28.8 Å². The summed E-state index contributed by atoms with van der Waals surface area (Å²) in [6.45, 7) is 5.21. The highest BCUT2D eigenvalue weighted by Gasteiger charge is 2.04. The number of hydrogen-bond donors (Lipinski definition) is 1. The van der Waals surface area contributed by atoms with E-state index in [0.717, 1.165) is 11.3 Å². The molecule has 0 saturated heterocycles. The Morgan fingerprint density at radius 1 is 1.50 bits per heavy atom. The van der Waals surface area contributed by atoms with Crippen molar-refractivity contribution in [2.24, 2.45) is 0 Å². The first kappa shape index (κ1) is 12.9. The van der Waals surface area contributed by atoms with Crippen molar-refractivity contribution < 1.29 is 4.74 Å². The molecule has 0 aliphatic rings. The van der Waals surface area contributed by atoms with Crippen LogP contribution in [0.3, 0.4) is 0 Å². The van der Waals surface area contributed by atoms with E-state index in [-0.39, 0.29) is 6.10 Å². The number of terminal acetylenes is 1. The summed E-state index contributed by atoms with van der Waals surface area (Å²) >= 11 is 6.09. The molecule has 0 aliphatic carbocycles. The predicted octanol–water partition coefficient (Wildman–Crippen LogP) is 2.85. The first-order valence-electron chi connectivity index (χ1n) is 5.22. The molecule has 86 valence electrons. The maximum atomic E-state index is 6.09. The van der Waals surface area contributed by atoms with Crippen LogP contribution in [0.5, 0.6) is 5.75 Å². The molecule has 1 aromatic rings. The molecule has 0 atom stereocenters. The first-order valence-corrected chi connectivity index (χ1v) is 5.60. The fourth-order valence-electron chi connectivity index (χ4n) is 1.28. The third-order valence-electron chi connectivity index (χ3n) is 1.92. The quantitative estimate of drug-likeness (QED) is 0.628. The van der Waals surface area contributed by atoms with E-state index < -0.39 is 0 Å². The van der Waals surface area contributed by atoms with Crippen LogP contribution in [0.2, 0.25) is 5.02 Å². The van der Waals surface area contributed by atoms with Gasteiger partial charge in [-0.2, -0.15) is 0 Å². The van der Waals surface area contributed by atoms with E-state index >= 15 is 0 Å². The van der Waals surface area contributed by atoms with E-state index in [1.54, 1.807) is 0 Å². The van der Waals surface area contributed by atoms with Crippen molar-refractivity contribution in [3.8, 4) is 18.1 Å². The van der Waals surface area contributed by atoms with Crippen molar-refractivity contribution in [1.29, 1.82) is 0 Å². The van der Waals surface area contributed by atoms with Crippen LogP contribution in [-0.4, -0.2) is 12.6 Å². The van der Waals surface area contributed by atoms with Crippen LogP contribution in [0.15, 0.2) is 18.2 Å². The average Bonchev–Trinajstić information content (AvgIpc) is 2.22. The molecule has 1 rings (SSSR count). The maximum absolute atomic E-state index is 6.09. The van der Waals surface area contributed by atoms with Crippen LogP contribution in [0.1, 0.15) is 19.4 Å². The molecule has 1 N–H and O–H groups in total. The molecule has 3 heteroatoms. The SMILES string of the molecule is C#CCNCc1ccc(OC(C)C)c(Cl)c1. The summed E-state index contributed by atoms with van der Waals surface area (Å²) in [7, 11) is 0. The van der Waals surface area contributed by atoms with Gasteiger partial charge in [0.05, 0.1) is 17.7 Å². The first-order chi connectivity index (χ1) is 7.63. The van der Waals surface area contributed by atoms with Crippen molar-refractivity contribution >= 4 is 11.6 Å². The summed E-state index contributed by atoms with van der Waals surface area (Å²) in [4.78, 5) is 0. The van der Waals surface area contributed by atoms with Gasteiger partial charge >= 0.3 is 0 Å². The lowest BCUT2D eigenvalue weighted by Gasteiger charge is -2.12.